The van der Waals surface area contributed by atoms with Crippen LogP contribution in [0.5, 0.6) is 0 Å². The topological polar surface area (TPSA) is 57.2 Å². The molecule has 0 saturated heterocycles. The predicted octanol–water partition coefficient (Wildman–Crippen LogP) is -0.873. The van der Waals surface area contributed by atoms with Crippen molar-refractivity contribution in [1.29, 1.82) is 0 Å². The van der Waals surface area contributed by atoms with Crippen LogP contribution in [0.25, 0.3) is 0 Å². The number of halogens is 1. The van der Waals surface area contributed by atoms with Crippen molar-refractivity contribution >= 4 is 21.7 Å². The minimum absolute atomic E-state index is 0. The Morgan fingerprint density at radius 2 is 1.69 bits per heavy atom. The molecule has 0 aliphatic heterocycles. The fourth-order valence-corrected chi connectivity index (χ4v) is 3.06. The maximum absolute atomic E-state index is 11.0. The Morgan fingerprint density at radius 1 is 1.12 bits per heavy atom. The first-order chi connectivity index (χ1) is 7.00. The molecule has 1 aliphatic rings. The summed E-state index contributed by atoms with van der Waals surface area (Å²) in [6.07, 6.45) is 3.30. The standard InChI is InChI=1S/C10H11ClO3S.Na/c11-9-5-6-10(15(12,13)14)8-4-2-1-3-7(8)9;/h5-6H,1-4H2,(H,12,13,14);/q;+1/p-1. The van der Waals surface area contributed by atoms with Crippen LogP contribution < -0.4 is 29.6 Å². The van der Waals surface area contributed by atoms with Gasteiger partial charge in [-0.1, -0.05) is 11.6 Å². The van der Waals surface area contributed by atoms with Gasteiger partial charge in [0, 0.05) is 5.02 Å². The van der Waals surface area contributed by atoms with Gasteiger partial charge in [0.15, 0.2) is 0 Å². The van der Waals surface area contributed by atoms with Gasteiger partial charge in [-0.05, 0) is 48.9 Å². The van der Waals surface area contributed by atoms with Crippen LogP contribution >= 0.6 is 11.6 Å². The minimum Gasteiger partial charge on any atom is -0.744 e. The van der Waals surface area contributed by atoms with Crippen LogP contribution in [-0.4, -0.2) is 13.0 Å². The van der Waals surface area contributed by atoms with Crippen molar-refractivity contribution in [3.63, 3.8) is 0 Å². The quantitative estimate of drug-likeness (QED) is 0.491. The number of fused-ring (bicyclic) bond motifs is 1. The number of rotatable bonds is 1. The third-order valence-corrected chi connectivity index (χ3v) is 3.98. The molecule has 0 fully saturated rings. The van der Waals surface area contributed by atoms with Crippen molar-refractivity contribution in [3.05, 3.63) is 28.3 Å². The summed E-state index contributed by atoms with van der Waals surface area (Å²) in [5.74, 6) is 0. The zero-order valence-corrected chi connectivity index (χ0v) is 12.6. The van der Waals surface area contributed by atoms with Crippen molar-refractivity contribution in [2.24, 2.45) is 0 Å². The summed E-state index contributed by atoms with van der Waals surface area (Å²) >= 11 is 5.97. The second-order valence-electron chi connectivity index (χ2n) is 3.66. The Balaban J connectivity index is 0.00000128. The van der Waals surface area contributed by atoms with Crippen molar-refractivity contribution in [2.45, 2.75) is 30.6 Å². The van der Waals surface area contributed by atoms with E-state index in [1.54, 1.807) is 0 Å². The van der Waals surface area contributed by atoms with Crippen LogP contribution in [0.2, 0.25) is 5.02 Å². The van der Waals surface area contributed by atoms with Gasteiger partial charge >= 0.3 is 29.6 Å². The second kappa shape index (κ2) is 5.38. The Morgan fingerprint density at radius 3 is 2.25 bits per heavy atom. The average Bonchev–Trinajstić information content (AvgIpc) is 2.17. The van der Waals surface area contributed by atoms with Gasteiger partial charge in [-0.25, -0.2) is 8.42 Å². The molecular weight excluding hydrogens is 259 g/mol. The molecule has 3 nitrogen and oxygen atoms in total. The molecule has 0 aromatic heterocycles. The average molecular weight is 269 g/mol. The first-order valence-corrected chi connectivity index (χ1v) is 6.55. The Kier molecular flexibility index (Phi) is 4.87. The third-order valence-electron chi connectivity index (χ3n) is 2.70. The van der Waals surface area contributed by atoms with Crippen molar-refractivity contribution in [2.75, 3.05) is 0 Å². The number of hydrogen-bond donors (Lipinski definition) is 0. The summed E-state index contributed by atoms with van der Waals surface area (Å²) in [6.45, 7) is 0. The largest absolute Gasteiger partial charge is 1.00 e. The minimum atomic E-state index is -4.37. The monoisotopic (exact) mass is 268 g/mol. The fraction of sp³-hybridized carbons (Fsp3) is 0.400. The molecule has 16 heavy (non-hydrogen) atoms. The molecule has 0 saturated carbocycles. The molecule has 0 heterocycles. The summed E-state index contributed by atoms with van der Waals surface area (Å²) in [4.78, 5) is -0.0957. The van der Waals surface area contributed by atoms with E-state index in [0.29, 0.717) is 17.0 Å². The van der Waals surface area contributed by atoms with Gasteiger partial charge in [0.1, 0.15) is 10.1 Å². The van der Waals surface area contributed by atoms with Crippen LogP contribution in [0.15, 0.2) is 17.0 Å². The van der Waals surface area contributed by atoms with E-state index in [1.807, 2.05) is 0 Å². The number of benzene rings is 1. The van der Waals surface area contributed by atoms with E-state index in [2.05, 4.69) is 0 Å². The molecule has 0 spiro atoms. The predicted molar refractivity (Wildman–Crippen MR) is 56.1 cm³/mol. The van der Waals surface area contributed by atoms with Crippen LogP contribution in [0.4, 0.5) is 0 Å². The molecule has 1 aromatic rings. The molecule has 6 heteroatoms. The molecule has 0 atom stereocenters. The zero-order valence-electron chi connectivity index (χ0n) is 8.99. The van der Waals surface area contributed by atoms with Crippen LogP contribution in [0.3, 0.4) is 0 Å². The molecular formula is C10H10ClNaO3S. The van der Waals surface area contributed by atoms with Gasteiger partial charge in [-0.15, -0.1) is 0 Å². The Hall–Kier alpha value is 0.420. The molecule has 82 valence electrons. The summed E-state index contributed by atoms with van der Waals surface area (Å²) in [5, 5.41) is 0.567. The molecule has 1 aliphatic carbocycles. The maximum atomic E-state index is 11.0. The van der Waals surface area contributed by atoms with Crippen molar-refractivity contribution in [1.82, 2.24) is 0 Å². The molecule has 2 rings (SSSR count). The number of hydrogen-bond acceptors (Lipinski definition) is 3. The van der Waals surface area contributed by atoms with Crippen LogP contribution in [0.1, 0.15) is 24.0 Å². The van der Waals surface area contributed by atoms with Gasteiger partial charge in [-0.2, -0.15) is 0 Å². The normalized spacial score (nSPS) is 15.1. The van der Waals surface area contributed by atoms with Gasteiger partial charge < -0.3 is 4.55 Å². The van der Waals surface area contributed by atoms with E-state index in [1.165, 1.54) is 12.1 Å². The van der Waals surface area contributed by atoms with Gasteiger partial charge in [0.2, 0.25) is 0 Å². The van der Waals surface area contributed by atoms with Crippen LogP contribution in [0, 0.1) is 0 Å². The van der Waals surface area contributed by atoms with Gasteiger partial charge in [0.05, 0.1) is 4.90 Å². The summed E-state index contributed by atoms with van der Waals surface area (Å²) in [5.41, 5.74) is 1.46. The van der Waals surface area contributed by atoms with E-state index in [0.717, 1.165) is 24.8 Å². The van der Waals surface area contributed by atoms with Gasteiger partial charge in [-0.3, -0.25) is 0 Å². The summed E-state index contributed by atoms with van der Waals surface area (Å²) < 4.78 is 33.1. The Bertz CT molecular complexity index is 499. The molecule has 0 radical (unpaired) electrons. The smallest absolute Gasteiger partial charge is 0.744 e. The van der Waals surface area contributed by atoms with E-state index in [9.17, 15) is 13.0 Å². The molecule has 0 unspecified atom stereocenters. The second-order valence-corrected chi connectivity index (χ2v) is 5.42. The Labute approximate surface area is 122 Å². The van der Waals surface area contributed by atoms with E-state index in [4.69, 9.17) is 11.6 Å². The first-order valence-electron chi connectivity index (χ1n) is 4.76. The summed E-state index contributed by atoms with van der Waals surface area (Å²) in [6, 6.07) is 2.81. The molecule has 0 N–H and O–H groups in total. The van der Waals surface area contributed by atoms with Crippen LogP contribution in [-0.2, 0) is 23.0 Å². The first kappa shape index (κ1) is 14.5. The van der Waals surface area contributed by atoms with E-state index in [-0.39, 0.29) is 34.5 Å². The third kappa shape index (κ3) is 2.81. The molecule has 0 amide bonds. The zero-order chi connectivity index (χ0) is 11.1. The van der Waals surface area contributed by atoms with Crippen molar-refractivity contribution < 1.29 is 42.5 Å². The SMILES string of the molecule is O=S(=O)([O-])c1ccc(Cl)c2c1CCCC2.[Na+]. The van der Waals surface area contributed by atoms with E-state index < -0.39 is 10.1 Å². The molecule has 0 bridgehead atoms. The summed E-state index contributed by atoms with van der Waals surface area (Å²) in [7, 11) is -4.37. The van der Waals surface area contributed by atoms with Crippen molar-refractivity contribution in [3.8, 4) is 0 Å². The van der Waals surface area contributed by atoms with E-state index >= 15 is 0 Å². The fourth-order valence-electron chi connectivity index (χ4n) is 2.03. The van der Waals surface area contributed by atoms with Gasteiger partial charge in [0.25, 0.3) is 0 Å². The maximum Gasteiger partial charge on any atom is 1.00 e. The molecule has 1 aromatic carbocycles.